The molecule has 1 aromatic rings. The second kappa shape index (κ2) is 3.59. The van der Waals surface area contributed by atoms with E-state index in [1.54, 1.807) is 0 Å². The van der Waals surface area contributed by atoms with E-state index in [4.69, 9.17) is 0 Å². The fourth-order valence-corrected chi connectivity index (χ4v) is 1.98. The van der Waals surface area contributed by atoms with Crippen LogP contribution in [0.2, 0.25) is 0 Å². The molecule has 0 unspecified atom stereocenters. The zero-order valence-electron chi connectivity index (χ0n) is 9.57. The summed E-state index contributed by atoms with van der Waals surface area (Å²) in [4.78, 5) is 25.0. The van der Waals surface area contributed by atoms with Gasteiger partial charge in [0.25, 0.3) is 11.8 Å². The Morgan fingerprint density at radius 3 is 2.38 bits per heavy atom. The molecule has 1 aliphatic rings. The number of carbonyl (C=O) groups excluding carboxylic acids is 2. The van der Waals surface area contributed by atoms with E-state index < -0.39 is 0 Å². The number of imide groups is 1. The van der Waals surface area contributed by atoms with Gasteiger partial charge in [-0.05, 0) is 25.0 Å². The van der Waals surface area contributed by atoms with E-state index >= 15 is 0 Å². The SMILES string of the molecule is C/C=C/c1ccc(C)c2c1C(=O)N(C)C2=O. The normalized spacial score (nSPS) is 15.1. The summed E-state index contributed by atoms with van der Waals surface area (Å²) in [5, 5.41) is 0. The molecule has 2 rings (SSSR count). The van der Waals surface area contributed by atoms with Crippen LogP contribution in [-0.4, -0.2) is 23.8 Å². The average Bonchev–Trinajstić information content (AvgIpc) is 2.49. The number of rotatable bonds is 1. The van der Waals surface area contributed by atoms with Gasteiger partial charge in [0.15, 0.2) is 0 Å². The molecule has 0 fully saturated rings. The minimum Gasteiger partial charge on any atom is -0.277 e. The first-order valence-electron chi connectivity index (χ1n) is 5.16. The Hall–Kier alpha value is -1.90. The molecule has 0 bridgehead atoms. The Morgan fingerprint density at radius 1 is 1.12 bits per heavy atom. The molecule has 0 spiro atoms. The highest BCUT2D eigenvalue weighted by atomic mass is 16.2. The Labute approximate surface area is 94.4 Å². The lowest BCUT2D eigenvalue weighted by atomic mass is 9.98. The van der Waals surface area contributed by atoms with Gasteiger partial charge in [0, 0.05) is 7.05 Å². The van der Waals surface area contributed by atoms with Crippen LogP contribution in [0.25, 0.3) is 6.08 Å². The van der Waals surface area contributed by atoms with E-state index in [2.05, 4.69) is 0 Å². The van der Waals surface area contributed by atoms with Gasteiger partial charge in [-0.2, -0.15) is 0 Å². The maximum Gasteiger partial charge on any atom is 0.261 e. The smallest absolute Gasteiger partial charge is 0.261 e. The quantitative estimate of drug-likeness (QED) is 0.674. The van der Waals surface area contributed by atoms with Crippen molar-refractivity contribution >= 4 is 17.9 Å². The van der Waals surface area contributed by atoms with Crippen LogP contribution in [0, 0.1) is 6.92 Å². The van der Waals surface area contributed by atoms with Gasteiger partial charge in [-0.25, -0.2) is 0 Å². The molecule has 0 radical (unpaired) electrons. The highest BCUT2D eigenvalue weighted by Gasteiger charge is 2.35. The molecule has 1 aromatic carbocycles. The molecule has 0 atom stereocenters. The number of hydrogen-bond acceptors (Lipinski definition) is 2. The van der Waals surface area contributed by atoms with Gasteiger partial charge >= 0.3 is 0 Å². The molecule has 0 N–H and O–H groups in total. The fourth-order valence-electron chi connectivity index (χ4n) is 1.98. The van der Waals surface area contributed by atoms with Crippen molar-refractivity contribution in [3.63, 3.8) is 0 Å². The second-order valence-corrected chi connectivity index (χ2v) is 3.89. The standard InChI is InChI=1S/C13H13NO2/c1-4-5-9-7-6-8(2)10-11(9)13(16)14(3)12(10)15/h4-7H,1-3H3/b5-4+. The summed E-state index contributed by atoms with van der Waals surface area (Å²) in [6, 6.07) is 3.75. The molecule has 0 aromatic heterocycles. The minimum absolute atomic E-state index is 0.205. The van der Waals surface area contributed by atoms with Gasteiger partial charge in [-0.1, -0.05) is 24.3 Å². The summed E-state index contributed by atoms with van der Waals surface area (Å²) in [6.45, 7) is 3.74. The van der Waals surface area contributed by atoms with Gasteiger partial charge in [0.1, 0.15) is 0 Å². The lowest BCUT2D eigenvalue weighted by Gasteiger charge is -2.03. The molecule has 1 aliphatic heterocycles. The van der Waals surface area contributed by atoms with Crippen molar-refractivity contribution in [3.8, 4) is 0 Å². The highest BCUT2D eigenvalue weighted by Crippen LogP contribution is 2.28. The Bertz CT molecular complexity index is 515. The molecule has 0 aliphatic carbocycles. The van der Waals surface area contributed by atoms with Crippen LogP contribution in [0.4, 0.5) is 0 Å². The predicted molar refractivity (Wildman–Crippen MR) is 62.3 cm³/mol. The summed E-state index contributed by atoms with van der Waals surface area (Å²) in [7, 11) is 1.52. The molecule has 82 valence electrons. The second-order valence-electron chi connectivity index (χ2n) is 3.89. The van der Waals surface area contributed by atoms with Crippen LogP contribution >= 0.6 is 0 Å². The largest absolute Gasteiger partial charge is 0.277 e. The molecule has 2 amide bonds. The van der Waals surface area contributed by atoms with Crippen LogP contribution in [0.1, 0.15) is 38.8 Å². The zero-order valence-corrected chi connectivity index (χ0v) is 9.57. The van der Waals surface area contributed by atoms with Crippen molar-refractivity contribution in [1.29, 1.82) is 0 Å². The molecule has 3 nitrogen and oxygen atoms in total. The molecule has 3 heteroatoms. The number of allylic oxidation sites excluding steroid dienone is 1. The third-order valence-corrected chi connectivity index (χ3v) is 2.83. The lowest BCUT2D eigenvalue weighted by Crippen LogP contribution is -2.24. The van der Waals surface area contributed by atoms with Crippen molar-refractivity contribution in [2.45, 2.75) is 13.8 Å². The molecule has 1 heterocycles. The van der Waals surface area contributed by atoms with E-state index in [9.17, 15) is 9.59 Å². The maximum atomic E-state index is 11.9. The third-order valence-electron chi connectivity index (χ3n) is 2.83. The predicted octanol–water partition coefficient (Wildman–Crippen LogP) is 2.25. The van der Waals surface area contributed by atoms with Gasteiger partial charge in [-0.15, -0.1) is 0 Å². The first kappa shape index (κ1) is 10.6. The van der Waals surface area contributed by atoms with Gasteiger partial charge < -0.3 is 0 Å². The number of aryl methyl sites for hydroxylation is 1. The Balaban J connectivity index is 2.76. The van der Waals surface area contributed by atoms with Crippen molar-refractivity contribution in [2.24, 2.45) is 0 Å². The van der Waals surface area contributed by atoms with E-state index in [-0.39, 0.29) is 11.8 Å². The van der Waals surface area contributed by atoms with Gasteiger partial charge in [0.05, 0.1) is 11.1 Å². The number of benzene rings is 1. The summed E-state index contributed by atoms with van der Waals surface area (Å²) < 4.78 is 0. The van der Waals surface area contributed by atoms with Crippen LogP contribution in [0.3, 0.4) is 0 Å². The van der Waals surface area contributed by atoms with E-state index in [1.807, 2.05) is 38.1 Å². The van der Waals surface area contributed by atoms with E-state index in [0.717, 1.165) is 11.1 Å². The molecular weight excluding hydrogens is 202 g/mol. The summed E-state index contributed by atoms with van der Waals surface area (Å²) in [6.07, 6.45) is 3.71. The van der Waals surface area contributed by atoms with Crippen LogP contribution in [0.15, 0.2) is 18.2 Å². The van der Waals surface area contributed by atoms with E-state index in [1.165, 1.54) is 11.9 Å². The van der Waals surface area contributed by atoms with Crippen molar-refractivity contribution in [1.82, 2.24) is 4.90 Å². The third kappa shape index (κ3) is 1.28. The molecule has 0 saturated heterocycles. The molecular formula is C13H13NO2. The average molecular weight is 215 g/mol. The summed E-state index contributed by atoms with van der Waals surface area (Å²) in [5.41, 5.74) is 2.74. The Kier molecular flexibility index (Phi) is 2.38. The summed E-state index contributed by atoms with van der Waals surface area (Å²) in [5.74, 6) is -0.416. The number of hydrogen-bond donors (Lipinski definition) is 0. The van der Waals surface area contributed by atoms with E-state index in [0.29, 0.717) is 11.1 Å². The number of amides is 2. The monoisotopic (exact) mass is 215 g/mol. The molecule has 16 heavy (non-hydrogen) atoms. The number of nitrogens with zero attached hydrogens (tertiary/aromatic N) is 1. The van der Waals surface area contributed by atoms with Crippen LogP contribution in [-0.2, 0) is 0 Å². The number of carbonyl (C=O) groups is 2. The zero-order chi connectivity index (χ0) is 11.9. The molecule has 0 saturated carbocycles. The minimum atomic E-state index is -0.211. The lowest BCUT2D eigenvalue weighted by molar-refractivity contribution is 0.0693. The summed E-state index contributed by atoms with van der Waals surface area (Å²) >= 11 is 0. The van der Waals surface area contributed by atoms with Gasteiger partial charge in [0.2, 0.25) is 0 Å². The highest BCUT2D eigenvalue weighted by molar-refractivity contribution is 6.23. The van der Waals surface area contributed by atoms with Crippen molar-refractivity contribution in [2.75, 3.05) is 7.05 Å². The van der Waals surface area contributed by atoms with Gasteiger partial charge in [-0.3, -0.25) is 14.5 Å². The first-order valence-corrected chi connectivity index (χ1v) is 5.16. The van der Waals surface area contributed by atoms with Crippen LogP contribution < -0.4 is 0 Å². The van der Waals surface area contributed by atoms with Crippen molar-refractivity contribution in [3.05, 3.63) is 40.5 Å². The Morgan fingerprint density at radius 2 is 1.75 bits per heavy atom. The van der Waals surface area contributed by atoms with Crippen molar-refractivity contribution < 1.29 is 9.59 Å². The maximum absolute atomic E-state index is 11.9. The number of fused-ring (bicyclic) bond motifs is 1. The topological polar surface area (TPSA) is 37.4 Å². The first-order chi connectivity index (χ1) is 7.57. The van der Waals surface area contributed by atoms with Crippen LogP contribution in [0.5, 0.6) is 0 Å². The fraction of sp³-hybridized carbons (Fsp3) is 0.231.